The number of hydrogen-bond acceptors (Lipinski definition) is 5. The lowest BCUT2D eigenvalue weighted by Crippen LogP contribution is -2.44. The zero-order valence-corrected chi connectivity index (χ0v) is 21.4. The average molecular weight is 497 g/mol. The fraction of sp³-hybridized carbons (Fsp3) is 0.462. The molecule has 8 nitrogen and oxygen atoms in total. The van der Waals surface area contributed by atoms with Crippen molar-refractivity contribution in [2.75, 3.05) is 19.6 Å². The lowest BCUT2D eigenvalue weighted by Gasteiger charge is -2.25. The van der Waals surface area contributed by atoms with Gasteiger partial charge in [0.1, 0.15) is 11.4 Å². The van der Waals surface area contributed by atoms with E-state index in [-0.39, 0.29) is 30.5 Å². The van der Waals surface area contributed by atoms with Crippen molar-refractivity contribution in [3.05, 3.63) is 67.2 Å². The van der Waals surface area contributed by atoms with Crippen LogP contribution >= 0.6 is 11.3 Å². The minimum absolute atomic E-state index is 0.0167. The van der Waals surface area contributed by atoms with Gasteiger partial charge in [-0.3, -0.25) is 23.5 Å². The molecule has 3 heterocycles. The summed E-state index contributed by atoms with van der Waals surface area (Å²) in [5.74, 6) is -0.143. The summed E-state index contributed by atoms with van der Waals surface area (Å²) in [5, 5.41) is 0.508. The summed E-state index contributed by atoms with van der Waals surface area (Å²) >= 11 is 1.36. The number of carbonyl (C=O) groups is 2. The molecule has 35 heavy (non-hydrogen) atoms. The van der Waals surface area contributed by atoms with Gasteiger partial charge in [-0.05, 0) is 30.4 Å². The largest absolute Gasteiger partial charge is 0.341 e. The molecular formula is C26H32N4O4S. The van der Waals surface area contributed by atoms with E-state index in [2.05, 4.69) is 0 Å². The number of nitrogens with zero attached hydrogens (tertiary/aromatic N) is 4. The van der Waals surface area contributed by atoms with E-state index in [1.54, 1.807) is 9.80 Å². The molecule has 1 aliphatic heterocycles. The molecular weight excluding hydrogens is 464 g/mol. The van der Waals surface area contributed by atoms with Gasteiger partial charge in [-0.25, -0.2) is 4.79 Å². The molecule has 0 spiro atoms. The summed E-state index contributed by atoms with van der Waals surface area (Å²) in [5.41, 5.74) is 0.934. The minimum Gasteiger partial charge on any atom is -0.341 e. The van der Waals surface area contributed by atoms with Crippen LogP contribution in [0.25, 0.3) is 10.2 Å². The van der Waals surface area contributed by atoms with E-state index < -0.39 is 5.69 Å². The van der Waals surface area contributed by atoms with Crippen LogP contribution in [0.5, 0.6) is 0 Å². The number of amides is 2. The third-order valence-corrected chi connectivity index (χ3v) is 7.71. The fourth-order valence-corrected chi connectivity index (χ4v) is 6.05. The molecule has 2 amide bonds. The van der Waals surface area contributed by atoms with Crippen LogP contribution in [0.2, 0.25) is 0 Å². The Hall–Kier alpha value is -3.20. The Morgan fingerprint density at radius 1 is 1.03 bits per heavy atom. The summed E-state index contributed by atoms with van der Waals surface area (Å²) in [6.07, 6.45) is 2.22. The van der Waals surface area contributed by atoms with Crippen LogP contribution in [0, 0.1) is 0 Å². The number of hydrogen-bond donors (Lipinski definition) is 0. The smallest absolute Gasteiger partial charge is 0.332 e. The molecule has 0 atom stereocenters. The second kappa shape index (κ2) is 10.6. The van der Waals surface area contributed by atoms with E-state index in [4.69, 9.17) is 0 Å². The molecule has 2 aromatic heterocycles. The maximum Gasteiger partial charge on any atom is 0.332 e. The Morgan fingerprint density at radius 2 is 1.71 bits per heavy atom. The van der Waals surface area contributed by atoms with Crippen molar-refractivity contribution >= 4 is 33.4 Å². The number of thiophene rings is 1. The number of carbonyl (C=O) groups excluding carboxylic acids is 2. The topological polar surface area (TPSA) is 84.6 Å². The summed E-state index contributed by atoms with van der Waals surface area (Å²) < 4.78 is 2.72. The van der Waals surface area contributed by atoms with Crippen molar-refractivity contribution in [1.29, 1.82) is 0 Å². The van der Waals surface area contributed by atoms with Crippen molar-refractivity contribution in [1.82, 2.24) is 18.9 Å². The number of benzene rings is 1. The first kappa shape index (κ1) is 24.9. The van der Waals surface area contributed by atoms with E-state index in [1.807, 2.05) is 44.2 Å². The van der Waals surface area contributed by atoms with Crippen LogP contribution < -0.4 is 11.2 Å². The molecule has 186 valence electrons. The van der Waals surface area contributed by atoms with Gasteiger partial charge in [0.05, 0.1) is 18.5 Å². The summed E-state index contributed by atoms with van der Waals surface area (Å²) in [6.45, 7) is 7.82. The molecule has 0 fully saturated rings. The summed E-state index contributed by atoms with van der Waals surface area (Å²) in [7, 11) is 0. The molecule has 0 unspecified atom stereocenters. The van der Waals surface area contributed by atoms with Crippen LogP contribution in [-0.2, 0) is 35.6 Å². The number of aromatic nitrogens is 2. The normalized spacial score (nSPS) is 13.2. The van der Waals surface area contributed by atoms with E-state index in [9.17, 15) is 19.2 Å². The summed E-state index contributed by atoms with van der Waals surface area (Å²) in [6, 6.07) is 9.39. The molecule has 9 heteroatoms. The van der Waals surface area contributed by atoms with Gasteiger partial charge in [0.15, 0.2) is 0 Å². The first-order valence-electron chi connectivity index (χ1n) is 12.2. The van der Waals surface area contributed by atoms with Crippen molar-refractivity contribution < 1.29 is 9.59 Å². The highest BCUT2D eigenvalue weighted by molar-refractivity contribution is 7.18. The molecule has 3 aromatic rings. The van der Waals surface area contributed by atoms with E-state index in [0.29, 0.717) is 42.8 Å². The third-order valence-electron chi connectivity index (χ3n) is 6.47. The van der Waals surface area contributed by atoms with Gasteiger partial charge in [-0.1, -0.05) is 44.2 Å². The first-order valence-corrected chi connectivity index (χ1v) is 13.0. The number of rotatable bonds is 8. The SMILES string of the molecule is CCCN(CCC)C(=O)Cn1c(=O)n(Cc2ccccc2)c(=O)c2c3c(sc21)CN(C(C)=O)CC3. The van der Waals surface area contributed by atoms with Crippen LogP contribution in [0.15, 0.2) is 39.9 Å². The van der Waals surface area contributed by atoms with Crippen LogP contribution in [-0.4, -0.2) is 50.4 Å². The summed E-state index contributed by atoms with van der Waals surface area (Å²) in [4.78, 5) is 57.5. The molecule has 0 aliphatic carbocycles. The lowest BCUT2D eigenvalue weighted by molar-refractivity contribution is -0.132. The molecule has 1 aliphatic rings. The predicted molar refractivity (Wildman–Crippen MR) is 138 cm³/mol. The molecule has 0 bridgehead atoms. The Bertz CT molecular complexity index is 1350. The van der Waals surface area contributed by atoms with Gasteiger partial charge >= 0.3 is 5.69 Å². The Kier molecular flexibility index (Phi) is 7.54. The maximum absolute atomic E-state index is 13.7. The third kappa shape index (κ3) is 4.96. The number of fused-ring (bicyclic) bond motifs is 3. The Morgan fingerprint density at radius 3 is 2.34 bits per heavy atom. The predicted octanol–water partition coefficient (Wildman–Crippen LogP) is 2.83. The van der Waals surface area contributed by atoms with Gasteiger partial charge in [0.25, 0.3) is 5.56 Å². The maximum atomic E-state index is 13.7. The van der Waals surface area contributed by atoms with Gasteiger partial charge in [-0.15, -0.1) is 11.3 Å². The first-order chi connectivity index (χ1) is 16.8. The monoisotopic (exact) mass is 496 g/mol. The van der Waals surface area contributed by atoms with Crippen molar-refractivity contribution in [3.63, 3.8) is 0 Å². The van der Waals surface area contributed by atoms with Crippen molar-refractivity contribution in [2.45, 2.75) is 59.7 Å². The van der Waals surface area contributed by atoms with Gasteiger partial charge < -0.3 is 9.80 Å². The second-order valence-corrected chi connectivity index (χ2v) is 10.1. The van der Waals surface area contributed by atoms with Gasteiger partial charge in [0, 0.05) is 31.4 Å². The lowest BCUT2D eigenvalue weighted by atomic mass is 10.1. The highest BCUT2D eigenvalue weighted by Crippen LogP contribution is 2.33. The average Bonchev–Trinajstić information content (AvgIpc) is 3.23. The highest BCUT2D eigenvalue weighted by atomic mass is 32.1. The zero-order chi connectivity index (χ0) is 25.1. The quantitative estimate of drug-likeness (QED) is 0.480. The van der Waals surface area contributed by atoms with E-state index in [0.717, 1.165) is 28.8 Å². The van der Waals surface area contributed by atoms with Crippen molar-refractivity contribution in [3.8, 4) is 0 Å². The zero-order valence-electron chi connectivity index (χ0n) is 20.6. The van der Waals surface area contributed by atoms with E-state index in [1.165, 1.54) is 27.4 Å². The molecule has 0 saturated carbocycles. The second-order valence-electron chi connectivity index (χ2n) is 9.00. The molecule has 4 rings (SSSR count). The Balaban J connectivity index is 1.88. The van der Waals surface area contributed by atoms with Crippen LogP contribution in [0.3, 0.4) is 0 Å². The van der Waals surface area contributed by atoms with E-state index >= 15 is 0 Å². The molecule has 1 aromatic carbocycles. The van der Waals surface area contributed by atoms with Crippen molar-refractivity contribution in [2.24, 2.45) is 0 Å². The van der Waals surface area contributed by atoms with Gasteiger partial charge in [0.2, 0.25) is 11.8 Å². The molecule has 0 saturated heterocycles. The van der Waals surface area contributed by atoms with Crippen LogP contribution in [0.4, 0.5) is 0 Å². The highest BCUT2D eigenvalue weighted by Gasteiger charge is 2.28. The standard InChI is InChI=1S/C26H32N4O4S/c1-4-12-27(13-5-2)22(32)17-30-25-23(20-11-14-28(18(3)31)16-21(20)35-25)24(33)29(26(30)34)15-19-9-7-6-8-10-19/h6-10H,4-5,11-17H2,1-3H3. The fourth-order valence-electron chi connectivity index (χ4n) is 4.70. The molecule has 0 N–H and O–H groups in total. The van der Waals surface area contributed by atoms with Gasteiger partial charge in [-0.2, -0.15) is 0 Å². The van der Waals surface area contributed by atoms with Crippen LogP contribution in [0.1, 0.15) is 49.6 Å². The minimum atomic E-state index is -0.477. The molecule has 0 radical (unpaired) electrons. The Labute approximate surface area is 208 Å².